The van der Waals surface area contributed by atoms with Crippen molar-refractivity contribution in [3.8, 4) is 10.6 Å². The molecule has 1 saturated heterocycles. The average Bonchev–Trinajstić information content (AvgIpc) is 3.28. The molecule has 0 atom stereocenters. The number of ether oxygens (including phenoxy) is 1. The van der Waals surface area contributed by atoms with E-state index in [0.717, 1.165) is 62.1 Å². The van der Waals surface area contributed by atoms with Gasteiger partial charge in [0, 0.05) is 43.7 Å². The zero-order valence-electron chi connectivity index (χ0n) is 17.6. The molecule has 3 heterocycles. The highest BCUT2D eigenvalue weighted by molar-refractivity contribution is 7.13. The molecular formula is C25H27N3O2S. The number of carbonyl (C=O) groups excluding carboxylic acids is 1. The van der Waals surface area contributed by atoms with Crippen LogP contribution in [0.1, 0.15) is 22.4 Å². The van der Waals surface area contributed by atoms with Crippen LogP contribution in [0.2, 0.25) is 0 Å². The lowest BCUT2D eigenvalue weighted by Crippen LogP contribution is -2.36. The SMILES string of the molecule is O=C(Cc1csc(-c2ccc(CN3CCOCC3)cc2)n1)N1CCc2ccccc2C1. The molecule has 1 aromatic heterocycles. The van der Waals surface area contributed by atoms with Crippen LogP contribution in [0, 0.1) is 0 Å². The molecule has 0 aliphatic carbocycles. The summed E-state index contributed by atoms with van der Waals surface area (Å²) in [6.07, 6.45) is 1.30. The van der Waals surface area contributed by atoms with Crippen molar-refractivity contribution < 1.29 is 9.53 Å². The maximum Gasteiger partial charge on any atom is 0.228 e. The van der Waals surface area contributed by atoms with Gasteiger partial charge in [0.15, 0.2) is 0 Å². The van der Waals surface area contributed by atoms with E-state index in [1.54, 1.807) is 11.3 Å². The van der Waals surface area contributed by atoms with E-state index >= 15 is 0 Å². The topological polar surface area (TPSA) is 45.7 Å². The second-order valence-electron chi connectivity index (χ2n) is 8.24. The van der Waals surface area contributed by atoms with Gasteiger partial charge >= 0.3 is 0 Å². The van der Waals surface area contributed by atoms with Crippen molar-refractivity contribution in [1.29, 1.82) is 0 Å². The molecule has 0 spiro atoms. The lowest BCUT2D eigenvalue weighted by Gasteiger charge is -2.28. The maximum atomic E-state index is 12.8. The van der Waals surface area contributed by atoms with Crippen LogP contribution >= 0.6 is 11.3 Å². The standard InChI is InChI=1S/C25H27N3O2S/c29-24(28-10-9-20-3-1-2-4-22(20)17-28)15-23-18-31-25(26-23)21-7-5-19(6-8-21)16-27-11-13-30-14-12-27/h1-8,18H,9-17H2. The third kappa shape index (κ3) is 4.87. The van der Waals surface area contributed by atoms with E-state index in [0.29, 0.717) is 13.0 Å². The molecular weight excluding hydrogens is 406 g/mol. The molecule has 0 N–H and O–H groups in total. The van der Waals surface area contributed by atoms with Crippen LogP contribution in [-0.2, 0) is 35.5 Å². The number of nitrogens with zero attached hydrogens (tertiary/aromatic N) is 3. The first-order valence-corrected chi connectivity index (χ1v) is 11.8. The Kier molecular flexibility index (Phi) is 6.11. The molecule has 5 nitrogen and oxygen atoms in total. The number of fused-ring (bicyclic) bond motifs is 1. The molecule has 0 saturated carbocycles. The van der Waals surface area contributed by atoms with Crippen molar-refractivity contribution in [3.05, 3.63) is 76.3 Å². The van der Waals surface area contributed by atoms with Gasteiger partial charge in [-0.25, -0.2) is 4.98 Å². The summed E-state index contributed by atoms with van der Waals surface area (Å²) in [5, 5.41) is 3.00. The van der Waals surface area contributed by atoms with Gasteiger partial charge in [-0.15, -0.1) is 11.3 Å². The first kappa shape index (κ1) is 20.4. The fourth-order valence-electron chi connectivity index (χ4n) is 4.27. The Bertz CT molecular complexity index is 1040. The quantitative estimate of drug-likeness (QED) is 0.615. The highest BCUT2D eigenvalue weighted by atomic mass is 32.1. The van der Waals surface area contributed by atoms with Crippen LogP contribution in [0.5, 0.6) is 0 Å². The van der Waals surface area contributed by atoms with Gasteiger partial charge < -0.3 is 9.64 Å². The highest BCUT2D eigenvalue weighted by Gasteiger charge is 2.21. The summed E-state index contributed by atoms with van der Waals surface area (Å²) >= 11 is 1.61. The molecule has 2 aromatic carbocycles. The van der Waals surface area contributed by atoms with Crippen molar-refractivity contribution >= 4 is 17.2 Å². The molecule has 1 amide bonds. The van der Waals surface area contributed by atoms with E-state index in [1.165, 1.54) is 16.7 Å². The van der Waals surface area contributed by atoms with Crippen molar-refractivity contribution in [1.82, 2.24) is 14.8 Å². The average molecular weight is 434 g/mol. The van der Waals surface area contributed by atoms with Crippen LogP contribution in [-0.4, -0.2) is 53.5 Å². The molecule has 2 aliphatic heterocycles. The van der Waals surface area contributed by atoms with Crippen molar-refractivity contribution in [2.45, 2.75) is 25.9 Å². The predicted molar refractivity (Wildman–Crippen MR) is 123 cm³/mol. The largest absolute Gasteiger partial charge is 0.379 e. The summed E-state index contributed by atoms with van der Waals surface area (Å²) < 4.78 is 5.42. The van der Waals surface area contributed by atoms with Crippen LogP contribution in [0.4, 0.5) is 0 Å². The van der Waals surface area contributed by atoms with Gasteiger partial charge in [-0.3, -0.25) is 9.69 Å². The number of amides is 1. The minimum atomic E-state index is 0.159. The predicted octanol–water partition coefficient (Wildman–Crippen LogP) is 3.77. The first-order chi connectivity index (χ1) is 15.2. The second-order valence-corrected chi connectivity index (χ2v) is 9.10. The molecule has 160 valence electrons. The summed E-state index contributed by atoms with van der Waals surface area (Å²) in [5.74, 6) is 0.159. The van der Waals surface area contributed by atoms with E-state index in [9.17, 15) is 4.79 Å². The molecule has 6 heteroatoms. The molecule has 0 unspecified atom stereocenters. The number of hydrogen-bond acceptors (Lipinski definition) is 5. The fraction of sp³-hybridized carbons (Fsp3) is 0.360. The molecule has 1 fully saturated rings. The monoisotopic (exact) mass is 433 g/mol. The molecule has 5 rings (SSSR count). The molecule has 3 aromatic rings. The Morgan fingerprint density at radius 2 is 1.77 bits per heavy atom. The van der Waals surface area contributed by atoms with Crippen molar-refractivity contribution in [2.75, 3.05) is 32.8 Å². The summed E-state index contributed by atoms with van der Waals surface area (Å²) in [4.78, 5) is 22.0. The summed E-state index contributed by atoms with van der Waals surface area (Å²) in [6, 6.07) is 17.1. The van der Waals surface area contributed by atoms with E-state index in [1.807, 2.05) is 16.3 Å². The Morgan fingerprint density at radius 1 is 1.00 bits per heavy atom. The third-order valence-corrected chi connectivity index (χ3v) is 7.02. The summed E-state index contributed by atoms with van der Waals surface area (Å²) in [5.41, 5.74) is 5.91. The minimum absolute atomic E-state index is 0.159. The van der Waals surface area contributed by atoms with Crippen molar-refractivity contribution in [2.24, 2.45) is 0 Å². The Hall–Kier alpha value is -2.54. The fourth-order valence-corrected chi connectivity index (χ4v) is 5.09. The van der Waals surface area contributed by atoms with Gasteiger partial charge in [0.05, 0.1) is 25.3 Å². The zero-order valence-corrected chi connectivity index (χ0v) is 18.4. The van der Waals surface area contributed by atoms with Gasteiger partial charge in [0.1, 0.15) is 5.01 Å². The molecule has 2 aliphatic rings. The first-order valence-electron chi connectivity index (χ1n) is 10.9. The smallest absolute Gasteiger partial charge is 0.228 e. The van der Waals surface area contributed by atoms with Crippen LogP contribution in [0.3, 0.4) is 0 Å². The number of morpholine rings is 1. The summed E-state index contributed by atoms with van der Waals surface area (Å²) in [6.45, 7) is 6.09. The Balaban J connectivity index is 1.19. The molecule has 0 bridgehead atoms. The van der Waals surface area contributed by atoms with Gasteiger partial charge in [0.25, 0.3) is 0 Å². The Morgan fingerprint density at radius 3 is 2.58 bits per heavy atom. The van der Waals surface area contributed by atoms with Crippen LogP contribution in [0.25, 0.3) is 10.6 Å². The zero-order chi connectivity index (χ0) is 21.0. The van der Waals surface area contributed by atoms with E-state index in [-0.39, 0.29) is 5.91 Å². The van der Waals surface area contributed by atoms with Gasteiger partial charge in [0.2, 0.25) is 5.91 Å². The number of thiazole rings is 1. The van der Waals surface area contributed by atoms with Crippen LogP contribution in [0.15, 0.2) is 53.9 Å². The lowest BCUT2D eigenvalue weighted by atomic mass is 10.00. The van der Waals surface area contributed by atoms with Gasteiger partial charge in [-0.2, -0.15) is 0 Å². The Labute approximate surface area is 187 Å². The van der Waals surface area contributed by atoms with Gasteiger partial charge in [-0.1, -0.05) is 48.5 Å². The van der Waals surface area contributed by atoms with Crippen molar-refractivity contribution in [3.63, 3.8) is 0 Å². The number of rotatable bonds is 5. The highest BCUT2D eigenvalue weighted by Crippen LogP contribution is 2.25. The lowest BCUT2D eigenvalue weighted by molar-refractivity contribution is -0.131. The molecule has 0 radical (unpaired) electrons. The third-order valence-electron chi connectivity index (χ3n) is 6.08. The number of hydrogen-bond donors (Lipinski definition) is 0. The summed E-state index contributed by atoms with van der Waals surface area (Å²) in [7, 11) is 0. The number of aromatic nitrogens is 1. The van der Waals surface area contributed by atoms with E-state index < -0.39 is 0 Å². The van der Waals surface area contributed by atoms with E-state index in [4.69, 9.17) is 9.72 Å². The minimum Gasteiger partial charge on any atom is -0.379 e. The van der Waals surface area contributed by atoms with Crippen LogP contribution < -0.4 is 0 Å². The number of carbonyl (C=O) groups is 1. The normalized spacial score (nSPS) is 16.8. The van der Waals surface area contributed by atoms with Gasteiger partial charge in [-0.05, 0) is 23.1 Å². The number of benzene rings is 2. The molecule has 31 heavy (non-hydrogen) atoms. The maximum absolute atomic E-state index is 12.8. The second kappa shape index (κ2) is 9.30. The van der Waals surface area contributed by atoms with E-state index in [2.05, 4.69) is 47.4 Å².